The Labute approximate surface area is 374 Å². The molecule has 322 valence electrons. The molecule has 12 heteroatoms. The molecule has 0 bridgehead atoms. The van der Waals surface area contributed by atoms with Crippen LogP contribution in [0, 0.1) is 0 Å². The number of aromatic amines is 2. The first-order valence-corrected chi connectivity index (χ1v) is 22.5. The van der Waals surface area contributed by atoms with Crippen molar-refractivity contribution in [3.05, 3.63) is 165 Å². The van der Waals surface area contributed by atoms with Crippen LogP contribution < -0.4 is 16.0 Å². The second-order valence-electron chi connectivity index (χ2n) is 18.6. The molecule has 2 aliphatic heterocycles. The van der Waals surface area contributed by atoms with E-state index in [1.807, 2.05) is 79.1 Å². The van der Waals surface area contributed by atoms with Crippen LogP contribution in [-0.4, -0.2) is 59.8 Å². The molecule has 13 rings (SSSR count). The quantitative estimate of drug-likeness (QED) is 0.0981. The van der Waals surface area contributed by atoms with Crippen LogP contribution in [0.1, 0.15) is 106 Å². The molecule has 2 fully saturated rings. The van der Waals surface area contributed by atoms with Crippen molar-refractivity contribution in [2.45, 2.75) is 81.8 Å². The molecule has 0 saturated heterocycles. The lowest BCUT2D eigenvalue weighted by Gasteiger charge is -2.24. The average molecular weight is 860 g/mol. The van der Waals surface area contributed by atoms with Crippen molar-refractivity contribution < 1.29 is 24.3 Å². The Balaban J connectivity index is 0.000000140. The van der Waals surface area contributed by atoms with Gasteiger partial charge < -0.3 is 31.0 Å². The van der Waals surface area contributed by atoms with E-state index in [4.69, 9.17) is 4.98 Å². The highest BCUT2D eigenvalue weighted by atomic mass is 16.4. The van der Waals surface area contributed by atoms with E-state index in [9.17, 15) is 24.3 Å². The van der Waals surface area contributed by atoms with Crippen LogP contribution >= 0.6 is 0 Å². The molecule has 4 aromatic heterocycles. The lowest BCUT2D eigenvalue weighted by molar-refractivity contribution is 0.0695. The largest absolute Gasteiger partial charge is 0.478 e. The number of carbonyl (C=O) groups excluding carboxylic acids is 3. The molecule has 0 unspecified atom stereocenters. The molecular formula is C53H45N7O5. The number of H-pyrrole nitrogens is 2. The first-order valence-electron chi connectivity index (χ1n) is 22.5. The van der Waals surface area contributed by atoms with Gasteiger partial charge in [-0.25, -0.2) is 4.79 Å². The van der Waals surface area contributed by atoms with Gasteiger partial charge in [-0.3, -0.25) is 24.4 Å². The number of amides is 3. The van der Waals surface area contributed by atoms with Gasteiger partial charge in [-0.05, 0) is 116 Å². The Hall–Kier alpha value is -7.60. The van der Waals surface area contributed by atoms with Gasteiger partial charge in [0, 0.05) is 82.1 Å². The van der Waals surface area contributed by atoms with Gasteiger partial charge in [0.15, 0.2) is 0 Å². The molecule has 6 heterocycles. The first kappa shape index (κ1) is 39.0. The number of carboxylic acid groups (broad SMARTS) is 1. The first-order chi connectivity index (χ1) is 31.6. The van der Waals surface area contributed by atoms with Crippen molar-refractivity contribution >= 4 is 23.7 Å². The second kappa shape index (κ2) is 14.7. The summed E-state index contributed by atoms with van der Waals surface area (Å²) in [6.45, 7) is 0.482. The number of pyridine rings is 2. The number of hydrogen-bond acceptors (Lipinski definition) is 6. The number of nitrogens with zero attached hydrogens (tertiary/aromatic N) is 2. The second-order valence-corrected chi connectivity index (χ2v) is 18.6. The van der Waals surface area contributed by atoms with Gasteiger partial charge in [-0.1, -0.05) is 54.6 Å². The summed E-state index contributed by atoms with van der Waals surface area (Å²) in [5.41, 5.74) is 17.6. The minimum atomic E-state index is -0.954. The highest BCUT2D eigenvalue weighted by Crippen LogP contribution is 2.47. The predicted molar refractivity (Wildman–Crippen MR) is 245 cm³/mol. The van der Waals surface area contributed by atoms with Gasteiger partial charge in [0.25, 0.3) is 17.7 Å². The molecule has 6 N–H and O–H groups in total. The third-order valence-electron chi connectivity index (χ3n) is 14.2. The summed E-state index contributed by atoms with van der Waals surface area (Å²) in [5, 5.41) is 18.7. The van der Waals surface area contributed by atoms with Crippen LogP contribution in [0.15, 0.2) is 103 Å². The van der Waals surface area contributed by atoms with Crippen molar-refractivity contribution in [1.29, 1.82) is 0 Å². The van der Waals surface area contributed by atoms with Gasteiger partial charge >= 0.3 is 5.97 Å². The minimum absolute atomic E-state index is 0.0225. The summed E-state index contributed by atoms with van der Waals surface area (Å²) in [6.07, 6.45) is 13.2. The summed E-state index contributed by atoms with van der Waals surface area (Å²) < 4.78 is 0. The Bertz CT molecular complexity index is 3170. The highest BCUT2D eigenvalue weighted by Gasteiger charge is 2.50. The summed E-state index contributed by atoms with van der Waals surface area (Å²) in [5.74, 6) is -0.950. The SMILES string of the molecule is O=C(NCc1ccccc1)c1cccc(-c2cc3c(cn2)CCc2c-3[nH]c3c2C(=O)NC2(CC2)C3)c1.O=C(O)c1cccc(-c2cc3c(cn2)CCc2c-3[nH]c3c2C(=O)NC2(CC2)C3)c1. The van der Waals surface area contributed by atoms with Crippen molar-refractivity contribution in [1.82, 2.24) is 35.9 Å². The lowest BCUT2D eigenvalue weighted by atomic mass is 9.87. The molecule has 3 aromatic carbocycles. The fourth-order valence-electron chi connectivity index (χ4n) is 10.4. The monoisotopic (exact) mass is 859 g/mol. The summed E-state index contributed by atoms with van der Waals surface area (Å²) in [6, 6.07) is 28.4. The standard InChI is InChI=1S/C30H26N4O2.C23H19N3O3/c35-28(32-16-18-5-2-1-3-6-18)20-8-4-7-19(13-20)24-14-23-21(17-31-24)9-10-22-26-25(33-27(22)23)15-30(11-12-30)34-29(26)36;27-21-19-15-5-4-14-11-24-17(12-2-1-3-13(8-12)22(28)29)9-16(14)20(15)25-18(19)10-23(26-21)6-7-23/h1-8,13-14,17,33H,9-12,15-16H2,(H,32,35)(H,34,36);1-3,8-9,11,25H,4-7,10H2,(H,26,27)(H,28,29). The topological polar surface area (TPSA) is 182 Å². The van der Waals surface area contributed by atoms with Gasteiger partial charge in [0.2, 0.25) is 0 Å². The molecule has 7 aromatic rings. The molecule has 65 heavy (non-hydrogen) atoms. The van der Waals surface area contributed by atoms with Gasteiger partial charge in [-0.2, -0.15) is 0 Å². The van der Waals surface area contributed by atoms with Crippen LogP contribution in [0.2, 0.25) is 0 Å². The highest BCUT2D eigenvalue weighted by molar-refractivity contribution is 6.03. The fraction of sp³-hybridized carbons (Fsp3) is 0.245. The molecule has 0 radical (unpaired) electrons. The van der Waals surface area contributed by atoms with Crippen molar-refractivity contribution in [2.75, 3.05) is 0 Å². The third kappa shape index (κ3) is 6.91. The number of aromatic carboxylic acids is 1. The van der Waals surface area contributed by atoms with E-state index in [-0.39, 0.29) is 34.4 Å². The van der Waals surface area contributed by atoms with Crippen LogP contribution in [0.4, 0.5) is 0 Å². The van der Waals surface area contributed by atoms with E-state index in [1.54, 1.807) is 18.2 Å². The van der Waals surface area contributed by atoms with E-state index in [1.165, 1.54) is 5.56 Å². The van der Waals surface area contributed by atoms with E-state index in [0.717, 1.165) is 154 Å². The zero-order chi connectivity index (χ0) is 44.0. The summed E-state index contributed by atoms with van der Waals surface area (Å²) in [7, 11) is 0. The third-order valence-corrected chi connectivity index (χ3v) is 14.2. The Morgan fingerprint density at radius 2 is 1.12 bits per heavy atom. The number of rotatable bonds is 6. The maximum Gasteiger partial charge on any atom is 0.335 e. The fourth-order valence-corrected chi connectivity index (χ4v) is 10.4. The Morgan fingerprint density at radius 3 is 1.63 bits per heavy atom. The van der Waals surface area contributed by atoms with E-state index < -0.39 is 5.97 Å². The van der Waals surface area contributed by atoms with Crippen LogP contribution in [0.5, 0.6) is 0 Å². The normalized spacial score (nSPS) is 17.1. The van der Waals surface area contributed by atoms with Gasteiger partial charge in [-0.15, -0.1) is 0 Å². The molecule has 0 atom stereocenters. The number of fused-ring (bicyclic) bond motifs is 10. The van der Waals surface area contributed by atoms with Crippen LogP contribution in [0.25, 0.3) is 45.0 Å². The average Bonchev–Trinajstić information content (AvgIpc) is 4.17. The number of hydrogen-bond donors (Lipinski definition) is 6. The molecule has 4 aliphatic carbocycles. The Morgan fingerprint density at radius 1 is 0.615 bits per heavy atom. The number of aryl methyl sites for hydroxylation is 2. The summed E-state index contributed by atoms with van der Waals surface area (Å²) in [4.78, 5) is 66.4. The molecular weight excluding hydrogens is 815 g/mol. The number of nitrogens with one attached hydrogen (secondary N) is 5. The van der Waals surface area contributed by atoms with E-state index in [0.29, 0.717) is 12.1 Å². The number of aromatic nitrogens is 4. The number of carbonyl (C=O) groups is 4. The molecule has 3 amide bonds. The Kier molecular flexibility index (Phi) is 8.84. The maximum absolute atomic E-state index is 12.9. The molecule has 12 nitrogen and oxygen atoms in total. The molecule has 2 saturated carbocycles. The van der Waals surface area contributed by atoms with Gasteiger partial charge in [0.05, 0.1) is 39.5 Å². The zero-order valence-corrected chi connectivity index (χ0v) is 35.6. The van der Waals surface area contributed by atoms with Gasteiger partial charge in [0.1, 0.15) is 0 Å². The number of carboxylic acids is 1. The van der Waals surface area contributed by atoms with E-state index in [2.05, 4.69) is 37.0 Å². The van der Waals surface area contributed by atoms with E-state index >= 15 is 0 Å². The lowest BCUT2D eigenvalue weighted by Crippen LogP contribution is -2.43. The molecule has 2 spiro atoms. The van der Waals surface area contributed by atoms with Crippen molar-refractivity contribution in [3.63, 3.8) is 0 Å². The number of benzene rings is 3. The smallest absolute Gasteiger partial charge is 0.335 e. The summed E-state index contributed by atoms with van der Waals surface area (Å²) >= 11 is 0. The maximum atomic E-state index is 12.9. The van der Waals surface area contributed by atoms with Crippen molar-refractivity contribution in [2.24, 2.45) is 0 Å². The predicted octanol–water partition coefficient (Wildman–Crippen LogP) is 7.95. The zero-order valence-electron chi connectivity index (χ0n) is 35.6. The van der Waals surface area contributed by atoms with Crippen LogP contribution in [-0.2, 0) is 45.1 Å². The van der Waals surface area contributed by atoms with Crippen LogP contribution in [0.3, 0.4) is 0 Å². The van der Waals surface area contributed by atoms with Crippen molar-refractivity contribution in [3.8, 4) is 45.0 Å². The molecule has 6 aliphatic rings. The minimum Gasteiger partial charge on any atom is -0.478 e.